The van der Waals surface area contributed by atoms with Crippen LogP contribution in [0.3, 0.4) is 0 Å². The van der Waals surface area contributed by atoms with E-state index in [-0.39, 0.29) is 35.6 Å². The van der Waals surface area contributed by atoms with Crippen molar-refractivity contribution >= 4 is 11.7 Å². The summed E-state index contributed by atoms with van der Waals surface area (Å²) >= 11 is 0. The summed E-state index contributed by atoms with van der Waals surface area (Å²) in [6.07, 6.45) is 0.814. The van der Waals surface area contributed by atoms with Gasteiger partial charge < -0.3 is 10.2 Å². The molecule has 1 N–H and O–H groups in total. The van der Waals surface area contributed by atoms with E-state index in [4.69, 9.17) is 0 Å². The second kappa shape index (κ2) is 9.40. The summed E-state index contributed by atoms with van der Waals surface area (Å²) in [6, 6.07) is 4.71. The van der Waals surface area contributed by atoms with Crippen molar-refractivity contribution in [2.45, 2.75) is 38.9 Å². The van der Waals surface area contributed by atoms with Gasteiger partial charge in [-0.15, -0.1) is 0 Å². The van der Waals surface area contributed by atoms with Crippen LogP contribution in [0.1, 0.15) is 41.3 Å². The number of likely N-dealkylation sites (tertiary alicyclic amines) is 1. The lowest BCUT2D eigenvalue weighted by molar-refractivity contribution is -0.137. The highest BCUT2D eigenvalue weighted by molar-refractivity contribution is 5.98. The van der Waals surface area contributed by atoms with Crippen molar-refractivity contribution in [3.8, 4) is 5.69 Å². The Hall–Kier alpha value is -3.50. The topological polar surface area (TPSA) is 75.9 Å². The monoisotopic (exact) mass is 476 g/mol. The number of pyridine rings is 1. The molecule has 2 unspecified atom stereocenters. The molecule has 1 fully saturated rings. The van der Waals surface area contributed by atoms with Gasteiger partial charge in [0, 0.05) is 19.3 Å². The Balaban J connectivity index is 1.60. The van der Waals surface area contributed by atoms with E-state index in [0.717, 1.165) is 25.1 Å². The molecule has 3 heterocycles. The maximum atomic E-state index is 15.0. The highest BCUT2D eigenvalue weighted by atomic mass is 19.4. The number of amides is 1. The molecular formula is C23H24F4N6O. The first-order valence-electron chi connectivity index (χ1n) is 10.9. The van der Waals surface area contributed by atoms with E-state index >= 15 is 4.39 Å². The number of halogens is 4. The SMILES string of the molecule is Cc1ccc(F)c(C(=O)N2CCCC(C)C2CNc2ccc(C(F)(F)F)cn2)c1-n1nccn1. The molecule has 1 aliphatic rings. The van der Waals surface area contributed by atoms with E-state index in [9.17, 15) is 18.0 Å². The minimum atomic E-state index is -4.47. The van der Waals surface area contributed by atoms with Crippen LogP contribution < -0.4 is 5.32 Å². The zero-order chi connectivity index (χ0) is 24.5. The Morgan fingerprint density at radius 1 is 1.18 bits per heavy atom. The van der Waals surface area contributed by atoms with Gasteiger partial charge >= 0.3 is 6.18 Å². The molecule has 1 amide bonds. The van der Waals surface area contributed by atoms with Crippen LogP contribution in [0.25, 0.3) is 5.69 Å². The maximum absolute atomic E-state index is 15.0. The lowest BCUT2D eigenvalue weighted by Crippen LogP contribution is -2.51. The molecule has 1 saturated heterocycles. The average Bonchev–Trinajstić information content (AvgIpc) is 3.33. The number of nitrogens with one attached hydrogen (secondary N) is 1. The Labute approximate surface area is 193 Å². The van der Waals surface area contributed by atoms with Gasteiger partial charge in [-0.3, -0.25) is 4.79 Å². The zero-order valence-electron chi connectivity index (χ0n) is 18.7. The Bertz CT molecular complexity index is 1150. The first-order valence-corrected chi connectivity index (χ1v) is 10.9. The minimum Gasteiger partial charge on any atom is -0.368 e. The maximum Gasteiger partial charge on any atom is 0.417 e. The Morgan fingerprint density at radius 3 is 2.56 bits per heavy atom. The van der Waals surface area contributed by atoms with E-state index in [1.807, 2.05) is 6.92 Å². The van der Waals surface area contributed by atoms with Gasteiger partial charge in [-0.25, -0.2) is 9.37 Å². The normalized spacial score (nSPS) is 18.7. The van der Waals surface area contributed by atoms with E-state index in [0.29, 0.717) is 12.1 Å². The molecule has 1 aromatic carbocycles. The van der Waals surface area contributed by atoms with E-state index in [1.54, 1.807) is 17.9 Å². The molecule has 7 nitrogen and oxygen atoms in total. The lowest BCUT2D eigenvalue weighted by Gasteiger charge is -2.40. The summed E-state index contributed by atoms with van der Waals surface area (Å²) in [7, 11) is 0. The molecule has 180 valence electrons. The van der Waals surface area contributed by atoms with Crippen LogP contribution in [0.15, 0.2) is 42.9 Å². The van der Waals surface area contributed by atoms with E-state index in [2.05, 4.69) is 20.5 Å². The molecule has 0 spiro atoms. The van der Waals surface area contributed by atoms with Crippen LogP contribution in [-0.4, -0.2) is 49.9 Å². The quantitative estimate of drug-likeness (QED) is 0.550. The van der Waals surface area contributed by atoms with Crippen molar-refractivity contribution in [1.82, 2.24) is 24.9 Å². The van der Waals surface area contributed by atoms with Crippen LogP contribution in [0.4, 0.5) is 23.4 Å². The molecule has 0 bridgehead atoms. The third-order valence-electron chi connectivity index (χ3n) is 6.12. The third kappa shape index (κ3) is 4.73. The fourth-order valence-corrected chi connectivity index (χ4v) is 4.29. The van der Waals surface area contributed by atoms with Crippen molar-refractivity contribution in [2.75, 3.05) is 18.4 Å². The van der Waals surface area contributed by atoms with Crippen molar-refractivity contribution in [3.05, 3.63) is 65.4 Å². The summed E-state index contributed by atoms with van der Waals surface area (Å²) in [5, 5.41) is 11.2. The van der Waals surface area contributed by atoms with Crippen LogP contribution in [0.5, 0.6) is 0 Å². The summed E-state index contributed by atoms with van der Waals surface area (Å²) < 4.78 is 53.4. The smallest absolute Gasteiger partial charge is 0.368 e. The van der Waals surface area contributed by atoms with E-state index < -0.39 is 23.5 Å². The van der Waals surface area contributed by atoms with Gasteiger partial charge in [-0.05, 0) is 49.4 Å². The van der Waals surface area contributed by atoms with Crippen molar-refractivity contribution < 1.29 is 22.4 Å². The number of aryl methyl sites for hydroxylation is 1. The molecule has 3 aromatic rings. The number of rotatable bonds is 5. The molecular weight excluding hydrogens is 452 g/mol. The molecule has 1 aliphatic heterocycles. The van der Waals surface area contributed by atoms with Gasteiger partial charge in [0.05, 0.1) is 24.0 Å². The summed E-state index contributed by atoms with van der Waals surface area (Å²) in [4.78, 5) is 20.4. The van der Waals surface area contributed by atoms with Gasteiger partial charge in [0.2, 0.25) is 0 Å². The van der Waals surface area contributed by atoms with Gasteiger partial charge in [-0.2, -0.15) is 28.2 Å². The van der Waals surface area contributed by atoms with Crippen LogP contribution in [-0.2, 0) is 6.18 Å². The first-order chi connectivity index (χ1) is 16.2. The number of benzene rings is 1. The Morgan fingerprint density at radius 2 is 1.91 bits per heavy atom. The third-order valence-corrected chi connectivity index (χ3v) is 6.12. The molecule has 2 aromatic heterocycles. The van der Waals surface area contributed by atoms with Gasteiger partial charge in [0.15, 0.2) is 0 Å². The number of piperidine rings is 1. The largest absolute Gasteiger partial charge is 0.417 e. The Kier molecular flexibility index (Phi) is 6.54. The number of carbonyl (C=O) groups excluding carboxylic acids is 1. The average molecular weight is 476 g/mol. The van der Waals surface area contributed by atoms with E-state index in [1.165, 1.54) is 29.3 Å². The van der Waals surface area contributed by atoms with Gasteiger partial charge in [0.1, 0.15) is 22.9 Å². The highest BCUT2D eigenvalue weighted by Gasteiger charge is 2.35. The first kappa shape index (κ1) is 23.7. The van der Waals surface area contributed by atoms with Crippen molar-refractivity contribution in [2.24, 2.45) is 5.92 Å². The van der Waals surface area contributed by atoms with Gasteiger partial charge in [0.25, 0.3) is 5.91 Å². The number of aromatic nitrogens is 4. The predicted octanol–water partition coefficient (Wildman–Crippen LogP) is 4.48. The lowest BCUT2D eigenvalue weighted by atomic mass is 9.89. The summed E-state index contributed by atoms with van der Waals surface area (Å²) in [5.41, 5.74) is -0.0162. The predicted molar refractivity (Wildman–Crippen MR) is 117 cm³/mol. The zero-order valence-corrected chi connectivity index (χ0v) is 18.7. The minimum absolute atomic E-state index is 0.0822. The number of nitrogens with zero attached hydrogens (tertiary/aromatic N) is 5. The van der Waals surface area contributed by atoms with Crippen molar-refractivity contribution in [3.63, 3.8) is 0 Å². The molecule has 11 heteroatoms. The second-order valence-electron chi connectivity index (χ2n) is 8.40. The highest BCUT2D eigenvalue weighted by Crippen LogP contribution is 2.31. The van der Waals surface area contributed by atoms with Crippen LogP contribution in [0, 0.1) is 18.7 Å². The number of carbonyl (C=O) groups is 1. The summed E-state index contributed by atoms with van der Waals surface area (Å²) in [6.45, 7) is 4.43. The van der Waals surface area contributed by atoms with Crippen molar-refractivity contribution in [1.29, 1.82) is 0 Å². The molecule has 2 atom stereocenters. The summed E-state index contributed by atoms with van der Waals surface area (Å²) in [5.74, 6) is -0.801. The second-order valence-corrected chi connectivity index (χ2v) is 8.40. The molecule has 0 radical (unpaired) electrons. The number of anilines is 1. The van der Waals surface area contributed by atoms with Crippen LogP contribution in [0.2, 0.25) is 0 Å². The molecule has 0 saturated carbocycles. The fourth-order valence-electron chi connectivity index (χ4n) is 4.29. The number of alkyl halides is 3. The molecule has 0 aliphatic carbocycles. The molecule has 34 heavy (non-hydrogen) atoms. The molecule has 4 rings (SSSR count). The fraction of sp³-hybridized carbons (Fsp3) is 0.391. The van der Waals surface area contributed by atoms with Crippen LogP contribution >= 0.6 is 0 Å². The standard InChI is InChI=1S/C23H24F4N6O/c1-14-4-3-11-32(18(14)13-29-19-8-6-16(12-28-19)23(25,26)27)22(34)20-17(24)7-5-15(2)21(20)33-30-9-10-31-33/h5-10,12,14,18H,3-4,11,13H2,1-2H3,(H,28,29). The number of hydrogen-bond donors (Lipinski definition) is 1. The number of hydrogen-bond acceptors (Lipinski definition) is 5. The van der Waals surface area contributed by atoms with Gasteiger partial charge in [-0.1, -0.05) is 13.0 Å².